The molecule has 1 aliphatic carbocycles. The zero-order valence-electron chi connectivity index (χ0n) is 14.2. The van der Waals surface area contributed by atoms with Crippen molar-refractivity contribution in [3.63, 3.8) is 0 Å². The molecule has 23 heavy (non-hydrogen) atoms. The van der Waals surface area contributed by atoms with Gasteiger partial charge in [-0.15, -0.1) is 0 Å². The van der Waals surface area contributed by atoms with E-state index in [0.29, 0.717) is 13.1 Å². The summed E-state index contributed by atoms with van der Waals surface area (Å²) in [7, 11) is 0. The van der Waals surface area contributed by atoms with Crippen LogP contribution in [0, 0.1) is 0 Å². The largest absolute Gasteiger partial charge is 0.388 e. The smallest absolute Gasteiger partial charge is 0.314 e. The van der Waals surface area contributed by atoms with E-state index in [2.05, 4.69) is 46.2 Å². The molecule has 1 heterocycles. The lowest BCUT2D eigenvalue weighted by atomic mass is 10.0. The number of rotatable bonds is 8. The predicted molar refractivity (Wildman–Crippen MR) is 94.8 cm³/mol. The number of nitrogens with zero attached hydrogens (tertiary/aromatic N) is 1. The highest BCUT2D eigenvalue weighted by molar-refractivity contribution is 7.07. The molecule has 1 fully saturated rings. The summed E-state index contributed by atoms with van der Waals surface area (Å²) >= 11 is 1.68. The number of likely N-dealkylation sites (N-methyl/N-ethyl adjacent to an activating group) is 1. The molecule has 0 radical (unpaired) electrons. The van der Waals surface area contributed by atoms with E-state index in [9.17, 15) is 9.90 Å². The zero-order chi connectivity index (χ0) is 16.7. The molecule has 1 atom stereocenters. The third kappa shape index (κ3) is 5.19. The molecule has 5 nitrogen and oxygen atoms in total. The molecule has 1 aliphatic rings. The molecule has 3 N–H and O–H groups in total. The Kier molecular flexibility index (Phi) is 6.87. The summed E-state index contributed by atoms with van der Waals surface area (Å²) in [6.45, 7) is 7.08. The summed E-state index contributed by atoms with van der Waals surface area (Å²) in [6, 6.07) is 2.11. The number of nitrogens with one attached hydrogen (secondary N) is 2. The highest BCUT2D eigenvalue weighted by atomic mass is 32.1. The van der Waals surface area contributed by atoms with Crippen LogP contribution >= 0.6 is 11.3 Å². The van der Waals surface area contributed by atoms with Crippen molar-refractivity contribution in [1.29, 1.82) is 0 Å². The van der Waals surface area contributed by atoms with Crippen molar-refractivity contribution in [2.75, 3.05) is 26.2 Å². The number of thiophene rings is 1. The molecule has 0 aliphatic heterocycles. The Morgan fingerprint density at radius 2 is 2.04 bits per heavy atom. The van der Waals surface area contributed by atoms with E-state index in [1.165, 1.54) is 5.56 Å². The van der Waals surface area contributed by atoms with Crippen LogP contribution in [0.2, 0.25) is 0 Å². The lowest BCUT2D eigenvalue weighted by Gasteiger charge is -2.30. The van der Waals surface area contributed by atoms with Crippen LogP contribution in [0.4, 0.5) is 4.79 Å². The SMILES string of the molecule is CCN(CC)C(CNC(=O)NCC1(O)CCCC1)c1ccsc1. The van der Waals surface area contributed by atoms with Crippen LogP contribution in [0.5, 0.6) is 0 Å². The predicted octanol–water partition coefficient (Wildman–Crippen LogP) is 2.74. The van der Waals surface area contributed by atoms with Crippen molar-refractivity contribution in [3.05, 3.63) is 22.4 Å². The molecule has 6 heteroatoms. The van der Waals surface area contributed by atoms with E-state index in [1.54, 1.807) is 11.3 Å². The van der Waals surface area contributed by atoms with Crippen molar-refractivity contribution in [2.45, 2.75) is 51.2 Å². The van der Waals surface area contributed by atoms with E-state index in [-0.39, 0.29) is 12.1 Å². The lowest BCUT2D eigenvalue weighted by Crippen LogP contribution is -2.47. The van der Waals surface area contributed by atoms with Gasteiger partial charge in [0.05, 0.1) is 11.6 Å². The normalized spacial score (nSPS) is 18.1. The zero-order valence-corrected chi connectivity index (χ0v) is 15.0. The van der Waals surface area contributed by atoms with Crippen molar-refractivity contribution < 1.29 is 9.90 Å². The molecule has 1 aromatic rings. The van der Waals surface area contributed by atoms with Crippen molar-refractivity contribution in [1.82, 2.24) is 15.5 Å². The number of aliphatic hydroxyl groups is 1. The van der Waals surface area contributed by atoms with Crippen LogP contribution in [-0.4, -0.2) is 47.8 Å². The van der Waals surface area contributed by atoms with E-state index in [1.807, 2.05) is 0 Å². The number of carbonyl (C=O) groups excluding carboxylic acids is 1. The minimum Gasteiger partial charge on any atom is -0.388 e. The molecule has 0 aromatic carbocycles. The molecule has 130 valence electrons. The van der Waals surface area contributed by atoms with Gasteiger partial charge in [-0.2, -0.15) is 11.3 Å². The van der Waals surface area contributed by atoms with Crippen molar-refractivity contribution in [2.24, 2.45) is 0 Å². The molecule has 2 amide bonds. The number of amides is 2. The molecule has 1 aromatic heterocycles. The lowest BCUT2D eigenvalue weighted by molar-refractivity contribution is 0.0500. The van der Waals surface area contributed by atoms with Gasteiger partial charge in [-0.1, -0.05) is 26.7 Å². The Balaban J connectivity index is 1.84. The van der Waals surface area contributed by atoms with E-state index >= 15 is 0 Å². The van der Waals surface area contributed by atoms with Gasteiger partial charge < -0.3 is 15.7 Å². The van der Waals surface area contributed by atoms with E-state index in [0.717, 1.165) is 38.8 Å². The Hall–Kier alpha value is -1.11. The molecule has 1 unspecified atom stereocenters. The van der Waals surface area contributed by atoms with Gasteiger partial charge in [0.1, 0.15) is 0 Å². The minimum atomic E-state index is -0.705. The maximum absolute atomic E-state index is 12.1. The summed E-state index contributed by atoms with van der Waals surface area (Å²) < 4.78 is 0. The van der Waals surface area contributed by atoms with Gasteiger partial charge in [0.25, 0.3) is 0 Å². The second-order valence-corrected chi connectivity index (χ2v) is 7.07. The van der Waals surface area contributed by atoms with E-state index in [4.69, 9.17) is 0 Å². The first-order valence-corrected chi connectivity index (χ1v) is 9.52. The number of urea groups is 1. The highest BCUT2D eigenvalue weighted by Gasteiger charge is 2.31. The summed E-state index contributed by atoms with van der Waals surface area (Å²) in [5, 5.41) is 20.3. The highest BCUT2D eigenvalue weighted by Crippen LogP contribution is 2.28. The summed E-state index contributed by atoms with van der Waals surface area (Å²) in [4.78, 5) is 14.4. The first-order valence-electron chi connectivity index (χ1n) is 8.58. The van der Waals surface area contributed by atoms with Gasteiger partial charge in [-0.05, 0) is 48.3 Å². The standard InChI is InChI=1S/C17H29N3O2S/c1-3-20(4-2)15(14-7-10-23-12-14)11-18-16(21)19-13-17(22)8-5-6-9-17/h7,10,12,15,22H,3-6,8-9,11,13H2,1-2H3,(H2,18,19,21). The van der Waals surface area contributed by atoms with Gasteiger partial charge in [0, 0.05) is 13.1 Å². The van der Waals surface area contributed by atoms with E-state index < -0.39 is 5.60 Å². The Morgan fingerprint density at radius 3 is 2.61 bits per heavy atom. The van der Waals surface area contributed by atoms with Gasteiger partial charge >= 0.3 is 6.03 Å². The molecule has 0 saturated heterocycles. The van der Waals surface area contributed by atoms with Crippen molar-refractivity contribution in [3.8, 4) is 0 Å². The van der Waals surface area contributed by atoms with Crippen LogP contribution in [0.1, 0.15) is 51.1 Å². The van der Waals surface area contributed by atoms with Gasteiger partial charge in [0.2, 0.25) is 0 Å². The molecule has 2 rings (SSSR count). The Bertz CT molecular complexity index is 468. The maximum atomic E-state index is 12.1. The summed E-state index contributed by atoms with van der Waals surface area (Å²) in [5.74, 6) is 0. The first-order chi connectivity index (χ1) is 11.1. The monoisotopic (exact) mass is 339 g/mol. The topological polar surface area (TPSA) is 64.6 Å². The molecular formula is C17H29N3O2S. The Labute approximate surface area is 143 Å². The minimum absolute atomic E-state index is 0.191. The molecular weight excluding hydrogens is 310 g/mol. The number of hydrogen-bond donors (Lipinski definition) is 3. The van der Waals surface area contributed by atoms with Crippen LogP contribution < -0.4 is 10.6 Å². The first kappa shape index (κ1) is 18.2. The number of carbonyl (C=O) groups is 1. The fourth-order valence-corrected chi connectivity index (χ4v) is 4.00. The quantitative estimate of drug-likeness (QED) is 0.682. The second-order valence-electron chi connectivity index (χ2n) is 6.29. The molecule has 1 saturated carbocycles. The number of hydrogen-bond acceptors (Lipinski definition) is 4. The molecule has 0 spiro atoms. The maximum Gasteiger partial charge on any atom is 0.314 e. The second kappa shape index (κ2) is 8.66. The fourth-order valence-electron chi connectivity index (χ4n) is 3.29. The Morgan fingerprint density at radius 1 is 1.35 bits per heavy atom. The summed E-state index contributed by atoms with van der Waals surface area (Å²) in [6.07, 6.45) is 3.65. The third-order valence-corrected chi connectivity index (χ3v) is 5.45. The van der Waals surface area contributed by atoms with Gasteiger partial charge in [0.15, 0.2) is 0 Å². The van der Waals surface area contributed by atoms with Crippen LogP contribution in [0.25, 0.3) is 0 Å². The fraction of sp³-hybridized carbons (Fsp3) is 0.706. The molecule has 0 bridgehead atoms. The van der Waals surface area contributed by atoms with Gasteiger partial charge in [-0.3, -0.25) is 4.90 Å². The van der Waals surface area contributed by atoms with Crippen LogP contribution in [-0.2, 0) is 0 Å². The third-order valence-electron chi connectivity index (χ3n) is 4.75. The van der Waals surface area contributed by atoms with Crippen LogP contribution in [0.3, 0.4) is 0 Å². The average Bonchev–Trinajstić information content (AvgIpc) is 3.21. The summed E-state index contributed by atoms with van der Waals surface area (Å²) in [5.41, 5.74) is 0.539. The van der Waals surface area contributed by atoms with Gasteiger partial charge in [-0.25, -0.2) is 4.79 Å². The van der Waals surface area contributed by atoms with Crippen LogP contribution in [0.15, 0.2) is 16.8 Å². The average molecular weight is 340 g/mol. The van der Waals surface area contributed by atoms with Crippen molar-refractivity contribution >= 4 is 17.4 Å².